The van der Waals surface area contributed by atoms with Crippen molar-refractivity contribution in [1.29, 1.82) is 0 Å². The standard InChI is InChI=1S/C8H3BrCl2FN3S/c9-7-14-15-8(16-7)13-6-4(10)1-3(12)2-5(6)11/h1-2H,(H,13,15). The molecule has 8 heteroatoms. The zero-order valence-electron chi connectivity index (χ0n) is 7.47. The predicted octanol–water partition coefficient (Wildman–Crippen LogP) is 4.49. The Labute approximate surface area is 113 Å². The highest BCUT2D eigenvalue weighted by Crippen LogP contribution is 2.34. The van der Waals surface area contributed by atoms with Crippen molar-refractivity contribution in [1.82, 2.24) is 10.2 Å². The number of anilines is 2. The fraction of sp³-hybridized carbons (Fsp3) is 0. The summed E-state index contributed by atoms with van der Waals surface area (Å²) >= 11 is 16.1. The summed E-state index contributed by atoms with van der Waals surface area (Å²) < 4.78 is 13.6. The van der Waals surface area contributed by atoms with Crippen LogP contribution in [0.4, 0.5) is 15.2 Å². The summed E-state index contributed by atoms with van der Waals surface area (Å²) in [7, 11) is 0. The van der Waals surface area contributed by atoms with Crippen molar-refractivity contribution in [2.45, 2.75) is 0 Å². The average molecular weight is 343 g/mol. The Morgan fingerprint density at radius 2 is 1.88 bits per heavy atom. The van der Waals surface area contributed by atoms with Crippen molar-refractivity contribution in [2.75, 3.05) is 5.32 Å². The van der Waals surface area contributed by atoms with Gasteiger partial charge < -0.3 is 5.32 Å². The highest BCUT2D eigenvalue weighted by atomic mass is 79.9. The van der Waals surface area contributed by atoms with E-state index in [-0.39, 0.29) is 10.0 Å². The number of nitrogens with zero attached hydrogens (tertiary/aromatic N) is 2. The molecule has 1 aromatic heterocycles. The lowest BCUT2D eigenvalue weighted by Crippen LogP contribution is -1.92. The second-order valence-corrected chi connectivity index (χ2v) is 5.80. The molecule has 0 saturated carbocycles. The molecule has 2 aromatic rings. The number of benzene rings is 1. The first kappa shape index (κ1) is 12.0. The highest BCUT2D eigenvalue weighted by molar-refractivity contribution is 9.11. The summed E-state index contributed by atoms with van der Waals surface area (Å²) in [5, 5.41) is 11.3. The molecular weight excluding hydrogens is 340 g/mol. The summed E-state index contributed by atoms with van der Waals surface area (Å²) in [6.45, 7) is 0. The molecule has 0 atom stereocenters. The second-order valence-electron chi connectivity index (χ2n) is 2.73. The van der Waals surface area contributed by atoms with Crippen LogP contribution in [0, 0.1) is 5.82 Å². The predicted molar refractivity (Wildman–Crippen MR) is 67.3 cm³/mol. The van der Waals surface area contributed by atoms with Crippen LogP contribution in [0.5, 0.6) is 0 Å². The smallest absolute Gasteiger partial charge is 0.210 e. The van der Waals surface area contributed by atoms with Gasteiger partial charge in [-0.2, -0.15) is 0 Å². The van der Waals surface area contributed by atoms with Gasteiger partial charge in [-0.25, -0.2) is 4.39 Å². The summed E-state index contributed by atoms with van der Waals surface area (Å²) in [4.78, 5) is 0. The third-order valence-corrected chi connectivity index (χ3v) is 3.51. The maximum Gasteiger partial charge on any atom is 0.210 e. The van der Waals surface area contributed by atoms with Crippen LogP contribution in [0.2, 0.25) is 10.0 Å². The van der Waals surface area contributed by atoms with Gasteiger partial charge >= 0.3 is 0 Å². The molecule has 0 radical (unpaired) electrons. The summed E-state index contributed by atoms with van der Waals surface area (Å²) in [5.41, 5.74) is 0.411. The van der Waals surface area contributed by atoms with Crippen LogP contribution in [0.1, 0.15) is 0 Å². The van der Waals surface area contributed by atoms with Gasteiger partial charge in [-0.15, -0.1) is 10.2 Å². The van der Waals surface area contributed by atoms with Crippen LogP contribution in [0.3, 0.4) is 0 Å². The van der Waals surface area contributed by atoms with Gasteiger partial charge in [0.25, 0.3) is 0 Å². The monoisotopic (exact) mass is 341 g/mol. The Kier molecular flexibility index (Phi) is 3.63. The van der Waals surface area contributed by atoms with E-state index in [9.17, 15) is 4.39 Å². The topological polar surface area (TPSA) is 37.8 Å². The van der Waals surface area contributed by atoms with E-state index in [1.807, 2.05) is 0 Å². The molecule has 3 nitrogen and oxygen atoms in total. The van der Waals surface area contributed by atoms with Gasteiger partial charge in [0.2, 0.25) is 5.13 Å². The SMILES string of the molecule is Fc1cc(Cl)c(Nc2nnc(Br)s2)c(Cl)c1. The van der Waals surface area contributed by atoms with Crippen LogP contribution >= 0.6 is 50.5 Å². The largest absolute Gasteiger partial charge is 0.328 e. The first-order valence-corrected chi connectivity index (χ1v) is 6.33. The van der Waals surface area contributed by atoms with Gasteiger partial charge in [0, 0.05) is 0 Å². The maximum absolute atomic E-state index is 12.9. The van der Waals surface area contributed by atoms with E-state index >= 15 is 0 Å². The van der Waals surface area contributed by atoms with Crippen molar-refractivity contribution in [2.24, 2.45) is 0 Å². The molecule has 1 aromatic carbocycles. The minimum absolute atomic E-state index is 0.191. The van der Waals surface area contributed by atoms with Crippen molar-refractivity contribution in [3.8, 4) is 0 Å². The third kappa shape index (κ3) is 2.63. The van der Waals surface area contributed by atoms with E-state index in [1.54, 1.807) is 0 Å². The van der Waals surface area contributed by atoms with Crippen LogP contribution in [0.25, 0.3) is 0 Å². The molecule has 0 bridgehead atoms. The molecule has 0 aliphatic rings. The molecule has 0 aliphatic heterocycles. The van der Waals surface area contributed by atoms with Crippen molar-refractivity contribution < 1.29 is 4.39 Å². The van der Waals surface area contributed by atoms with Crippen LogP contribution in [0.15, 0.2) is 16.0 Å². The van der Waals surface area contributed by atoms with E-state index in [4.69, 9.17) is 23.2 Å². The van der Waals surface area contributed by atoms with Gasteiger partial charge in [0.05, 0.1) is 15.7 Å². The molecule has 0 spiro atoms. The molecule has 0 unspecified atom stereocenters. The Morgan fingerprint density at radius 3 is 2.38 bits per heavy atom. The van der Waals surface area contributed by atoms with E-state index in [0.717, 1.165) is 0 Å². The Morgan fingerprint density at radius 1 is 1.25 bits per heavy atom. The molecule has 1 heterocycles. The molecule has 0 amide bonds. The lowest BCUT2D eigenvalue weighted by Gasteiger charge is -2.06. The number of hydrogen-bond donors (Lipinski definition) is 1. The molecule has 0 fully saturated rings. The number of nitrogens with one attached hydrogen (secondary N) is 1. The molecule has 0 saturated heterocycles. The fourth-order valence-electron chi connectivity index (χ4n) is 1.02. The number of hydrogen-bond acceptors (Lipinski definition) is 4. The minimum atomic E-state index is -0.487. The molecule has 16 heavy (non-hydrogen) atoms. The van der Waals surface area contributed by atoms with E-state index < -0.39 is 5.82 Å². The first-order valence-electron chi connectivity index (χ1n) is 3.97. The van der Waals surface area contributed by atoms with Gasteiger partial charge in [-0.1, -0.05) is 34.5 Å². The lowest BCUT2D eigenvalue weighted by atomic mass is 10.3. The van der Waals surface area contributed by atoms with Crippen molar-refractivity contribution in [3.63, 3.8) is 0 Å². The van der Waals surface area contributed by atoms with Crippen molar-refractivity contribution in [3.05, 3.63) is 31.9 Å². The molecule has 84 valence electrons. The molecule has 1 N–H and O–H groups in total. The second kappa shape index (κ2) is 4.83. The maximum atomic E-state index is 12.9. The normalized spacial score (nSPS) is 10.5. The number of aromatic nitrogens is 2. The molecule has 2 rings (SSSR count). The quantitative estimate of drug-likeness (QED) is 0.873. The zero-order valence-corrected chi connectivity index (χ0v) is 11.4. The van der Waals surface area contributed by atoms with Crippen LogP contribution < -0.4 is 5.32 Å². The van der Waals surface area contributed by atoms with E-state index in [0.29, 0.717) is 14.7 Å². The van der Waals surface area contributed by atoms with E-state index in [2.05, 4.69) is 31.4 Å². The fourth-order valence-corrected chi connectivity index (χ4v) is 2.59. The summed E-state index contributed by atoms with van der Waals surface area (Å²) in [6, 6.07) is 2.34. The van der Waals surface area contributed by atoms with Gasteiger partial charge in [-0.3, -0.25) is 0 Å². The Balaban J connectivity index is 2.34. The molecule has 0 aliphatic carbocycles. The Bertz CT molecular complexity index is 511. The van der Waals surface area contributed by atoms with Gasteiger partial charge in [0.15, 0.2) is 3.92 Å². The lowest BCUT2D eigenvalue weighted by molar-refractivity contribution is 0.628. The number of rotatable bonds is 2. The highest BCUT2D eigenvalue weighted by Gasteiger charge is 2.10. The minimum Gasteiger partial charge on any atom is -0.328 e. The third-order valence-electron chi connectivity index (χ3n) is 1.64. The van der Waals surface area contributed by atoms with Gasteiger partial charge in [-0.05, 0) is 28.1 Å². The van der Waals surface area contributed by atoms with E-state index in [1.165, 1.54) is 23.5 Å². The summed E-state index contributed by atoms with van der Waals surface area (Å²) in [5.74, 6) is -0.487. The molecular formula is C8H3BrCl2FN3S. The van der Waals surface area contributed by atoms with Crippen LogP contribution in [-0.2, 0) is 0 Å². The average Bonchev–Trinajstić information content (AvgIpc) is 2.58. The van der Waals surface area contributed by atoms with Crippen molar-refractivity contribution >= 4 is 61.3 Å². The van der Waals surface area contributed by atoms with Crippen LogP contribution in [-0.4, -0.2) is 10.2 Å². The first-order chi connectivity index (χ1) is 7.56. The summed E-state index contributed by atoms with van der Waals surface area (Å²) in [6.07, 6.45) is 0. The zero-order chi connectivity index (χ0) is 11.7. The Hall–Kier alpha value is -0.430. The van der Waals surface area contributed by atoms with Gasteiger partial charge in [0.1, 0.15) is 5.82 Å². The number of halogens is 4.